The molecule has 3 atom stereocenters. The zero-order valence-electron chi connectivity index (χ0n) is 11.1. The van der Waals surface area contributed by atoms with Gasteiger partial charge in [0.25, 0.3) is 0 Å². The molecule has 0 bridgehead atoms. The highest BCUT2D eigenvalue weighted by Crippen LogP contribution is 2.25. The van der Waals surface area contributed by atoms with Gasteiger partial charge in [0.2, 0.25) is 5.91 Å². The minimum atomic E-state index is 0.129. The summed E-state index contributed by atoms with van der Waals surface area (Å²) < 4.78 is 0. The second-order valence-corrected chi connectivity index (χ2v) is 6.09. The largest absolute Gasteiger partial charge is 0.348 e. The van der Waals surface area contributed by atoms with E-state index in [0.29, 0.717) is 5.92 Å². The molecular weight excluding hydrogens is 244 g/mol. The maximum Gasteiger partial charge on any atom is 0.225 e. The lowest BCUT2D eigenvalue weighted by atomic mass is 9.96. The SMILES string of the molecule is CCCC(NC(=O)[C@@H]1CNC[C@H]1C)c1cccs1. The molecule has 1 unspecified atom stereocenters. The molecule has 100 valence electrons. The molecule has 1 aliphatic heterocycles. The van der Waals surface area contributed by atoms with E-state index >= 15 is 0 Å². The van der Waals surface area contributed by atoms with E-state index in [2.05, 4.69) is 42.0 Å². The first kappa shape index (κ1) is 13.6. The van der Waals surface area contributed by atoms with E-state index in [-0.39, 0.29) is 17.9 Å². The molecule has 1 saturated heterocycles. The number of nitrogens with one attached hydrogen (secondary N) is 2. The van der Waals surface area contributed by atoms with Crippen LogP contribution in [0, 0.1) is 11.8 Å². The Morgan fingerprint density at radius 1 is 1.61 bits per heavy atom. The predicted molar refractivity (Wildman–Crippen MR) is 75.6 cm³/mol. The van der Waals surface area contributed by atoms with Crippen LogP contribution >= 0.6 is 11.3 Å². The summed E-state index contributed by atoms with van der Waals surface area (Å²) in [5.74, 6) is 0.777. The zero-order valence-corrected chi connectivity index (χ0v) is 11.9. The van der Waals surface area contributed by atoms with E-state index in [1.54, 1.807) is 11.3 Å². The molecule has 3 nitrogen and oxygen atoms in total. The summed E-state index contributed by atoms with van der Waals surface area (Å²) in [4.78, 5) is 13.6. The van der Waals surface area contributed by atoms with E-state index in [1.165, 1.54) is 4.88 Å². The summed E-state index contributed by atoms with van der Waals surface area (Å²) in [5, 5.41) is 8.58. The fourth-order valence-corrected chi connectivity index (χ4v) is 3.32. The molecule has 2 rings (SSSR count). The van der Waals surface area contributed by atoms with Crippen LogP contribution in [0.5, 0.6) is 0 Å². The van der Waals surface area contributed by atoms with Crippen LogP contribution in [0.4, 0.5) is 0 Å². The number of rotatable bonds is 5. The highest BCUT2D eigenvalue weighted by molar-refractivity contribution is 7.10. The lowest BCUT2D eigenvalue weighted by Crippen LogP contribution is -2.36. The third kappa shape index (κ3) is 3.12. The number of carbonyl (C=O) groups excluding carboxylic acids is 1. The molecular formula is C14H22N2OS. The standard InChI is InChI=1S/C14H22N2OS/c1-3-5-12(13-6-4-7-18-13)16-14(17)11-9-15-8-10(11)2/h4,6-7,10-12,15H,3,5,8-9H2,1-2H3,(H,16,17)/t10-,11-,12?/m1/s1. The number of hydrogen-bond donors (Lipinski definition) is 2. The van der Waals surface area contributed by atoms with Crippen molar-refractivity contribution in [1.82, 2.24) is 10.6 Å². The lowest BCUT2D eigenvalue weighted by Gasteiger charge is -2.21. The van der Waals surface area contributed by atoms with Crippen molar-refractivity contribution in [3.8, 4) is 0 Å². The Morgan fingerprint density at radius 2 is 2.44 bits per heavy atom. The van der Waals surface area contributed by atoms with Crippen LogP contribution in [0.15, 0.2) is 17.5 Å². The van der Waals surface area contributed by atoms with Gasteiger partial charge < -0.3 is 10.6 Å². The summed E-state index contributed by atoms with van der Waals surface area (Å²) >= 11 is 1.73. The second kappa shape index (κ2) is 6.34. The van der Waals surface area contributed by atoms with Crippen molar-refractivity contribution in [1.29, 1.82) is 0 Å². The highest BCUT2D eigenvalue weighted by atomic mass is 32.1. The first-order valence-electron chi connectivity index (χ1n) is 6.76. The lowest BCUT2D eigenvalue weighted by molar-refractivity contribution is -0.126. The first-order valence-corrected chi connectivity index (χ1v) is 7.64. The number of carbonyl (C=O) groups is 1. The van der Waals surface area contributed by atoms with Gasteiger partial charge >= 0.3 is 0 Å². The zero-order chi connectivity index (χ0) is 13.0. The van der Waals surface area contributed by atoms with Crippen molar-refractivity contribution < 1.29 is 4.79 Å². The molecule has 1 aromatic rings. The topological polar surface area (TPSA) is 41.1 Å². The molecule has 0 spiro atoms. The molecule has 1 fully saturated rings. The Labute approximate surface area is 113 Å². The summed E-state index contributed by atoms with van der Waals surface area (Å²) in [5.41, 5.74) is 0. The van der Waals surface area contributed by atoms with Gasteiger partial charge in [-0.1, -0.05) is 26.3 Å². The first-order chi connectivity index (χ1) is 8.72. The molecule has 2 heterocycles. The van der Waals surface area contributed by atoms with Gasteiger partial charge in [-0.25, -0.2) is 0 Å². The van der Waals surface area contributed by atoms with Crippen LogP contribution in [0.25, 0.3) is 0 Å². The smallest absolute Gasteiger partial charge is 0.225 e. The van der Waals surface area contributed by atoms with Crippen LogP contribution < -0.4 is 10.6 Å². The van der Waals surface area contributed by atoms with Crippen LogP contribution in [0.1, 0.15) is 37.6 Å². The van der Waals surface area contributed by atoms with Crippen molar-refractivity contribution in [2.75, 3.05) is 13.1 Å². The average Bonchev–Trinajstić information content (AvgIpc) is 2.98. The van der Waals surface area contributed by atoms with E-state index in [0.717, 1.165) is 25.9 Å². The minimum absolute atomic E-state index is 0.129. The van der Waals surface area contributed by atoms with Crippen molar-refractivity contribution in [2.45, 2.75) is 32.7 Å². The van der Waals surface area contributed by atoms with Gasteiger partial charge in [-0.15, -0.1) is 11.3 Å². The molecule has 0 aliphatic carbocycles. The van der Waals surface area contributed by atoms with Gasteiger partial charge in [0.1, 0.15) is 0 Å². The van der Waals surface area contributed by atoms with Crippen molar-refractivity contribution >= 4 is 17.2 Å². The summed E-state index contributed by atoms with van der Waals surface area (Å²) in [6.07, 6.45) is 2.10. The Morgan fingerprint density at radius 3 is 3.00 bits per heavy atom. The Bertz CT molecular complexity index is 377. The molecule has 0 radical (unpaired) electrons. The molecule has 0 aromatic carbocycles. The maximum absolute atomic E-state index is 12.3. The second-order valence-electron chi connectivity index (χ2n) is 5.11. The van der Waals surface area contributed by atoms with Gasteiger partial charge in [0.05, 0.1) is 12.0 Å². The summed E-state index contributed by atoms with van der Waals surface area (Å²) in [6, 6.07) is 4.35. The Balaban J connectivity index is 1.98. The van der Waals surface area contributed by atoms with Crippen molar-refractivity contribution in [2.24, 2.45) is 11.8 Å². The fraction of sp³-hybridized carbons (Fsp3) is 0.643. The van der Waals surface area contributed by atoms with Crippen LogP contribution in [-0.2, 0) is 4.79 Å². The van der Waals surface area contributed by atoms with Gasteiger partial charge in [0.15, 0.2) is 0 Å². The third-order valence-electron chi connectivity index (χ3n) is 3.63. The highest BCUT2D eigenvalue weighted by Gasteiger charge is 2.30. The van der Waals surface area contributed by atoms with Crippen LogP contribution in [0.3, 0.4) is 0 Å². The predicted octanol–water partition coefficient (Wildman–Crippen LogP) is 2.56. The van der Waals surface area contributed by atoms with E-state index in [9.17, 15) is 4.79 Å². The molecule has 0 saturated carbocycles. The molecule has 4 heteroatoms. The Hall–Kier alpha value is -0.870. The number of thiophene rings is 1. The fourth-order valence-electron chi connectivity index (χ4n) is 2.50. The minimum Gasteiger partial charge on any atom is -0.348 e. The molecule has 1 aliphatic rings. The monoisotopic (exact) mass is 266 g/mol. The van der Waals surface area contributed by atoms with E-state index in [4.69, 9.17) is 0 Å². The van der Waals surface area contributed by atoms with Crippen molar-refractivity contribution in [3.63, 3.8) is 0 Å². The van der Waals surface area contributed by atoms with E-state index < -0.39 is 0 Å². The van der Waals surface area contributed by atoms with Crippen LogP contribution in [-0.4, -0.2) is 19.0 Å². The number of amides is 1. The van der Waals surface area contributed by atoms with Gasteiger partial charge in [-0.2, -0.15) is 0 Å². The van der Waals surface area contributed by atoms with Gasteiger partial charge in [-0.3, -0.25) is 4.79 Å². The summed E-state index contributed by atoms with van der Waals surface area (Å²) in [6.45, 7) is 6.07. The van der Waals surface area contributed by atoms with Crippen LogP contribution in [0.2, 0.25) is 0 Å². The quantitative estimate of drug-likeness (QED) is 0.860. The average molecular weight is 266 g/mol. The van der Waals surface area contributed by atoms with Gasteiger partial charge in [-0.05, 0) is 30.3 Å². The molecule has 2 N–H and O–H groups in total. The van der Waals surface area contributed by atoms with Crippen molar-refractivity contribution in [3.05, 3.63) is 22.4 Å². The third-order valence-corrected chi connectivity index (χ3v) is 4.62. The number of hydrogen-bond acceptors (Lipinski definition) is 3. The summed E-state index contributed by atoms with van der Waals surface area (Å²) in [7, 11) is 0. The van der Waals surface area contributed by atoms with E-state index in [1.807, 2.05) is 0 Å². The normalized spacial score (nSPS) is 25.0. The molecule has 18 heavy (non-hydrogen) atoms. The molecule has 1 aromatic heterocycles. The van der Waals surface area contributed by atoms with Gasteiger partial charge in [0, 0.05) is 11.4 Å². The Kier molecular flexibility index (Phi) is 4.78. The maximum atomic E-state index is 12.3. The molecule has 1 amide bonds.